The molecule has 0 radical (unpaired) electrons. The summed E-state index contributed by atoms with van der Waals surface area (Å²) in [6.07, 6.45) is 0. The summed E-state index contributed by atoms with van der Waals surface area (Å²) in [5.74, 6) is 0. The van der Waals surface area contributed by atoms with Gasteiger partial charge in [0.25, 0.3) is 6.02 Å². The van der Waals surface area contributed by atoms with Gasteiger partial charge in [0.1, 0.15) is 0 Å². The van der Waals surface area contributed by atoms with Crippen LogP contribution in [0.2, 0.25) is 5.02 Å². The van der Waals surface area contributed by atoms with Crippen molar-refractivity contribution in [1.82, 2.24) is 0 Å². The summed E-state index contributed by atoms with van der Waals surface area (Å²) in [6.45, 7) is -0.989. The van der Waals surface area contributed by atoms with E-state index in [4.69, 9.17) is 27.3 Å². The molecule has 2 aromatic rings. The van der Waals surface area contributed by atoms with Gasteiger partial charge in [0.15, 0.2) is 5.60 Å². The molecule has 3 rings (SSSR count). The van der Waals surface area contributed by atoms with Crippen LogP contribution >= 0.6 is 11.6 Å². The Kier molecular flexibility index (Phi) is 1.89. The molecule has 108 valence electrons. The lowest BCUT2D eigenvalue weighted by Crippen LogP contribution is -2.39. The highest BCUT2D eigenvalue weighted by atomic mass is 35.5. The number of nitrogens with one attached hydrogen (secondary N) is 1. The summed E-state index contributed by atoms with van der Waals surface area (Å²) in [6, 6.07) is 0.979. The van der Waals surface area contributed by atoms with E-state index in [2.05, 4.69) is 10.3 Å². The molecule has 0 saturated heterocycles. The van der Waals surface area contributed by atoms with Crippen molar-refractivity contribution in [2.24, 2.45) is 4.99 Å². The van der Waals surface area contributed by atoms with Crippen molar-refractivity contribution in [3.63, 3.8) is 0 Å². The molecule has 3 nitrogen and oxygen atoms in total. The van der Waals surface area contributed by atoms with Crippen LogP contribution in [-0.2, 0) is 10.3 Å². The SMILES string of the molecule is [2H]c1c([2H])c([2H])c(C2(C([2H])([2H])[2H])OC(=NCC)Nc3ccc(Cl)cc32)c([2H])c1[2H]. The third-order valence-corrected chi connectivity index (χ3v) is 3.24. The second-order valence-electron chi connectivity index (χ2n) is 4.38. The molecule has 0 fully saturated rings. The standard InChI is InChI=1S/C17H17ClN2O/c1-3-19-16-20-15-10-9-13(18)11-14(15)17(2,21-16)12-7-5-4-6-8-12/h4-11H,3H2,1-2H3,(H,19,20)/i2D3,4D,5D,6D,7D,8D. The van der Waals surface area contributed by atoms with Crippen molar-refractivity contribution in [2.75, 3.05) is 11.9 Å². The van der Waals surface area contributed by atoms with Gasteiger partial charge in [0.05, 0.1) is 6.85 Å². The second-order valence-corrected chi connectivity index (χ2v) is 4.81. The van der Waals surface area contributed by atoms with Crippen LogP contribution < -0.4 is 5.32 Å². The molecule has 1 heterocycles. The fraction of sp³-hybridized carbons (Fsp3) is 0.235. The minimum absolute atomic E-state index is 0.0265. The van der Waals surface area contributed by atoms with Gasteiger partial charge in [-0.1, -0.05) is 41.8 Å². The molecule has 0 amide bonds. The number of rotatable bonds is 2. The smallest absolute Gasteiger partial charge is 0.290 e. The van der Waals surface area contributed by atoms with Gasteiger partial charge >= 0.3 is 0 Å². The third kappa shape index (κ3) is 2.49. The Morgan fingerprint density at radius 1 is 1.38 bits per heavy atom. The average Bonchev–Trinajstić information content (AvgIpc) is 2.64. The molecule has 1 aliphatic rings. The number of nitrogens with zero attached hydrogens (tertiary/aromatic N) is 1. The Morgan fingerprint density at radius 3 is 2.90 bits per heavy atom. The molecule has 0 aromatic heterocycles. The van der Waals surface area contributed by atoms with E-state index in [1.165, 1.54) is 18.2 Å². The normalized spacial score (nSPS) is 28.4. The summed E-state index contributed by atoms with van der Waals surface area (Å²) in [4.78, 5) is 4.11. The van der Waals surface area contributed by atoms with Gasteiger partial charge in [-0.2, -0.15) is 0 Å². The molecule has 1 N–H and O–H groups in total. The topological polar surface area (TPSA) is 33.6 Å². The van der Waals surface area contributed by atoms with Gasteiger partial charge in [-0.15, -0.1) is 0 Å². The predicted octanol–water partition coefficient (Wildman–Crippen LogP) is 4.42. The van der Waals surface area contributed by atoms with Gasteiger partial charge in [-0.05, 0) is 37.5 Å². The van der Waals surface area contributed by atoms with Crippen molar-refractivity contribution in [1.29, 1.82) is 0 Å². The Hall–Kier alpha value is -2.00. The lowest BCUT2D eigenvalue weighted by molar-refractivity contribution is 0.112. The lowest BCUT2D eigenvalue weighted by Gasteiger charge is -2.38. The number of ether oxygens (including phenoxy) is 1. The van der Waals surface area contributed by atoms with Crippen LogP contribution in [0.5, 0.6) is 0 Å². The zero-order chi connectivity index (χ0) is 21.7. The molecule has 1 atom stereocenters. The van der Waals surface area contributed by atoms with Gasteiger partial charge in [-0.3, -0.25) is 0 Å². The quantitative estimate of drug-likeness (QED) is 0.891. The highest BCUT2D eigenvalue weighted by Gasteiger charge is 2.38. The maximum absolute atomic E-state index is 8.34. The number of aliphatic imine (C=N–C) groups is 1. The van der Waals surface area contributed by atoms with Gasteiger partial charge in [-0.25, -0.2) is 4.99 Å². The highest BCUT2D eigenvalue weighted by molar-refractivity contribution is 6.30. The molecule has 1 unspecified atom stereocenters. The molecular formula is C17H17ClN2O. The van der Waals surface area contributed by atoms with Crippen molar-refractivity contribution in [3.8, 4) is 0 Å². The molecule has 0 saturated carbocycles. The minimum Gasteiger partial charge on any atom is -0.449 e. The first kappa shape index (κ1) is 7.32. The maximum Gasteiger partial charge on any atom is 0.290 e. The Morgan fingerprint density at radius 2 is 2.19 bits per heavy atom. The van der Waals surface area contributed by atoms with Crippen molar-refractivity contribution in [3.05, 3.63) is 64.6 Å². The first-order valence-corrected chi connectivity index (χ1v) is 6.71. The maximum atomic E-state index is 8.34. The van der Waals surface area contributed by atoms with Crippen LogP contribution in [0, 0.1) is 0 Å². The molecule has 2 aromatic carbocycles. The summed E-state index contributed by atoms with van der Waals surface area (Å²) in [5, 5.41) is 3.07. The number of fused-ring (bicyclic) bond motifs is 1. The number of halogens is 1. The first-order valence-electron chi connectivity index (χ1n) is 10.3. The molecular weight excluding hydrogens is 284 g/mol. The highest BCUT2D eigenvalue weighted by Crippen LogP contribution is 2.41. The Bertz CT molecular complexity index is 994. The van der Waals surface area contributed by atoms with E-state index in [0.29, 0.717) is 5.69 Å². The Labute approximate surface area is 140 Å². The van der Waals surface area contributed by atoms with Crippen LogP contribution in [0.25, 0.3) is 0 Å². The fourth-order valence-electron chi connectivity index (χ4n) is 2.08. The third-order valence-electron chi connectivity index (χ3n) is 3.01. The van der Waals surface area contributed by atoms with E-state index in [1.54, 1.807) is 6.92 Å². The van der Waals surface area contributed by atoms with E-state index >= 15 is 0 Å². The number of hydrogen-bond acceptors (Lipinski definition) is 2. The number of hydrogen-bond donors (Lipinski definition) is 1. The van der Waals surface area contributed by atoms with Crippen molar-refractivity contribution in [2.45, 2.75) is 19.4 Å². The Balaban J connectivity index is 2.53. The van der Waals surface area contributed by atoms with Gasteiger partial charge in [0, 0.05) is 26.9 Å². The van der Waals surface area contributed by atoms with E-state index in [9.17, 15) is 0 Å². The summed E-state index contributed by atoms with van der Waals surface area (Å²) >= 11 is 6.11. The first-order chi connectivity index (χ1) is 13.5. The molecule has 0 bridgehead atoms. The van der Waals surface area contributed by atoms with E-state index in [0.717, 1.165) is 0 Å². The van der Waals surface area contributed by atoms with E-state index in [1.807, 2.05) is 0 Å². The van der Waals surface area contributed by atoms with Crippen molar-refractivity contribution < 1.29 is 15.7 Å². The van der Waals surface area contributed by atoms with Gasteiger partial charge in [0.2, 0.25) is 0 Å². The number of anilines is 1. The number of amidine groups is 1. The predicted molar refractivity (Wildman–Crippen MR) is 87.0 cm³/mol. The van der Waals surface area contributed by atoms with Crippen LogP contribution in [0.15, 0.2) is 53.4 Å². The summed E-state index contributed by atoms with van der Waals surface area (Å²) in [5.41, 5.74) is -2.59. The second kappa shape index (κ2) is 5.41. The molecule has 4 heteroatoms. The van der Waals surface area contributed by atoms with Crippen LogP contribution in [0.3, 0.4) is 0 Å². The lowest BCUT2D eigenvalue weighted by atomic mass is 9.86. The molecule has 21 heavy (non-hydrogen) atoms. The summed E-state index contributed by atoms with van der Waals surface area (Å²) in [7, 11) is 0. The van der Waals surface area contributed by atoms with Crippen LogP contribution in [0.1, 0.15) is 35.9 Å². The average molecular weight is 309 g/mol. The van der Waals surface area contributed by atoms with E-state index < -0.39 is 48.2 Å². The summed E-state index contributed by atoms with van der Waals surface area (Å²) < 4.78 is 71.1. The van der Waals surface area contributed by atoms with E-state index in [-0.39, 0.29) is 23.2 Å². The largest absolute Gasteiger partial charge is 0.449 e. The van der Waals surface area contributed by atoms with Crippen LogP contribution in [0.4, 0.5) is 5.69 Å². The minimum atomic E-state index is -2.98. The molecule has 0 spiro atoms. The molecule has 1 aliphatic heterocycles. The van der Waals surface area contributed by atoms with Crippen molar-refractivity contribution >= 4 is 23.3 Å². The van der Waals surface area contributed by atoms with Crippen LogP contribution in [-0.4, -0.2) is 12.6 Å². The number of benzene rings is 2. The zero-order valence-corrected chi connectivity index (χ0v) is 11.9. The van der Waals surface area contributed by atoms with Gasteiger partial charge < -0.3 is 10.1 Å². The monoisotopic (exact) mass is 308 g/mol. The zero-order valence-electron chi connectivity index (χ0n) is 19.2. The molecule has 0 aliphatic carbocycles. The fourth-order valence-corrected chi connectivity index (χ4v) is 2.26.